The predicted octanol–water partition coefficient (Wildman–Crippen LogP) is 1.62. The van der Waals surface area contributed by atoms with Gasteiger partial charge in [0.25, 0.3) is 0 Å². The van der Waals surface area contributed by atoms with Crippen LogP contribution in [0.15, 0.2) is 18.2 Å². The molecule has 0 spiro atoms. The number of nitrogens with one attached hydrogen (secondary N) is 3. The van der Waals surface area contributed by atoms with E-state index in [1.165, 1.54) is 11.8 Å². The van der Waals surface area contributed by atoms with Crippen molar-refractivity contribution in [2.75, 3.05) is 23.4 Å². The van der Waals surface area contributed by atoms with Gasteiger partial charge in [-0.15, -0.1) is 11.8 Å². The van der Waals surface area contributed by atoms with Gasteiger partial charge in [-0.3, -0.25) is 14.4 Å². The Balaban J connectivity index is 2.25. The molecule has 1 aromatic rings. The Bertz CT molecular complexity index is 603. The Morgan fingerprint density at radius 3 is 2.33 bits per heavy atom. The molecule has 24 heavy (non-hydrogen) atoms. The fourth-order valence-electron chi connectivity index (χ4n) is 1.98. The average molecular weight is 351 g/mol. The molecule has 1 aromatic carbocycles. The number of hydrogen-bond acceptors (Lipinski definition) is 4. The number of carbonyl (C=O) groups is 3. The van der Waals surface area contributed by atoms with Crippen molar-refractivity contribution in [2.45, 2.75) is 33.7 Å². The first kappa shape index (κ1) is 20.0. The molecule has 0 heterocycles. The lowest BCUT2D eigenvalue weighted by molar-refractivity contribution is -0.125. The Labute approximate surface area is 147 Å². The van der Waals surface area contributed by atoms with Crippen LogP contribution in [-0.2, 0) is 14.4 Å². The van der Waals surface area contributed by atoms with Gasteiger partial charge in [-0.25, -0.2) is 0 Å². The molecular weight excluding hydrogens is 326 g/mol. The van der Waals surface area contributed by atoms with E-state index in [-0.39, 0.29) is 41.8 Å². The number of thioether (sulfide) groups is 1. The molecule has 0 bridgehead atoms. The summed E-state index contributed by atoms with van der Waals surface area (Å²) >= 11 is 1.21. The second-order valence-electron chi connectivity index (χ2n) is 5.86. The van der Waals surface area contributed by atoms with E-state index in [4.69, 9.17) is 0 Å². The molecule has 0 saturated heterocycles. The number of aryl methyl sites for hydroxylation is 2. The Hall–Kier alpha value is -2.02. The summed E-state index contributed by atoms with van der Waals surface area (Å²) in [7, 11) is 0. The molecule has 132 valence electrons. The number of carbonyl (C=O) groups excluding carboxylic acids is 3. The van der Waals surface area contributed by atoms with Gasteiger partial charge in [-0.2, -0.15) is 0 Å². The van der Waals surface area contributed by atoms with Crippen molar-refractivity contribution in [3.8, 4) is 0 Å². The monoisotopic (exact) mass is 351 g/mol. The van der Waals surface area contributed by atoms with Gasteiger partial charge in [-0.05, 0) is 39.3 Å². The van der Waals surface area contributed by atoms with Crippen LogP contribution < -0.4 is 16.0 Å². The number of benzene rings is 1. The van der Waals surface area contributed by atoms with Crippen molar-refractivity contribution in [1.82, 2.24) is 10.6 Å². The second-order valence-corrected chi connectivity index (χ2v) is 6.84. The van der Waals surface area contributed by atoms with Crippen LogP contribution in [0.4, 0.5) is 5.69 Å². The summed E-state index contributed by atoms with van der Waals surface area (Å²) in [6.07, 6.45) is 0. The SMILES string of the molecule is Cc1ccc(NC(=O)CSCC(=O)NCC(=O)NC(C)C)c(C)c1. The Morgan fingerprint density at radius 2 is 1.71 bits per heavy atom. The van der Waals surface area contributed by atoms with Crippen LogP contribution in [0.2, 0.25) is 0 Å². The Kier molecular flexibility index (Phi) is 8.32. The number of hydrogen-bond donors (Lipinski definition) is 3. The van der Waals surface area contributed by atoms with Crippen LogP contribution in [0, 0.1) is 13.8 Å². The lowest BCUT2D eigenvalue weighted by atomic mass is 10.1. The molecule has 3 amide bonds. The fourth-order valence-corrected chi connectivity index (χ4v) is 2.63. The quantitative estimate of drug-likeness (QED) is 0.664. The molecule has 6 nitrogen and oxygen atoms in total. The van der Waals surface area contributed by atoms with E-state index in [1.807, 2.05) is 45.9 Å². The van der Waals surface area contributed by atoms with Crippen LogP contribution in [0.25, 0.3) is 0 Å². The summed E-state index contributed by atoms with van der Waals surface area (Å²) in [6, 6.07) is 5.84. The molecule has 0 radical (unpaired) electrons. The van der Waals surface area contributed by atoms with Crippen LogP contribution >= 0.6 is 11.8 Å². The Morgan fingerprint density at radius 1 is 1.04 bits per heavy atom. The number of anilines is 1. The van der Waals surface area contributed by atoms with Gasteiger partial charge >= 0.3 is 0 Å². The smallest absolute Gasteiger partial charge is 0.239 e. The van der Waals surface area contributed by atoms with Crippen molar-refractivity contribution in [2.24, 2.45) is 0 Å². The second kappa shape index (κ2) is 9.97. The molecule has 1 rings (SSSR count). The molecular formula is C17H25N3O3S. The molecule has 0 saturated carbocycles. The highest BCUT2D eigenvalue weighted by Gasteiger charge is 2.09. The molecule has 0 aliphatic rings. The number of amides is 3. The average Bonchev–Trinajstić information content (AvgIpc) is 2.47. The lowest BCUT2D eigenvalue weighted by Gasteiger charge is -2.10. The highest BCUT2D eigenvalue weighted by molar-refractivity contribution is 8.00. The fraction of sp³-hybridized carbons (Fsp3) is 0.471. The van der Waals surface area contributed by atoms with Crippen molar-refractivity contribution < 1.29 is 14.4 Å². The van der Waals surface area contributed by atoms with Crippen molar-refractivity contribution in [3.05, 3.63) is 29.3 Å². The van der Waals surface area contributed by atoms with Gasteiger partial charge in [0.1, 0.15) is 0 Å². The minimum Gasteiger partial charge on any atom is -0.352 e. The van der Waals surface area contributed by atoms with Crippen LogP contribution in [0.1, 0.15) is 25.0 Å². The molecule has 7 heteroatoms. The zero-order chi connectivity index (χ0) is 18.1. The van der Waals surface area contributed by atoms with Gasteiger partial charge in [0.15, 0.2) is 0 Å². The first-order chi connectivity index (χ1) is 11.3. The largest absolute Gasteiger partial charge is 0.352 e. The minimum absolute atomic E-state index is 0.0395. The molecule has 0 fully saturated rings. The van der Waals surface area contributed by atoms with Crippen LogP contribution in [0.5, 0.6) is 0 Å². The van der Waals surface area contributed by atoms with Gasteiger partial charge in [0, 0.05) is 11.7 Å². The zero-order valence-corrected chi connectivity index (χ0v) is 15.4. The topological polar surface area (TPSA) is 87.3 Å². The van der Waals surface area contributed by atoms with Crippen molar-refractivity contribution in [1.29, 1.82) is 0 Å². The molecule has 3 N–H and O–H groups in total. The highest BCUT2D eigenvalue weighted by Crippen LogP contribution is 2.16. The molecule has 0 aromatic heterocycles. The summed E-state index contributed by atoms with van der Waals surface area (Å²) in [5.41, 5.74) is 2.92. The third kappa shape index (κ3) is 8.01. The summed E-state index contributed by atoms with van der Waals surface area (Å²) in [5, 5.41) is 8.03. The summed E-state index contributed by atoms with van der Waals surface area (Å²) < 4.78 is 0. The first-order valence-corrected chi connectivity index (χ1v) is 8.94. The van der Waals surface area contributed by atoms with E-state index in [2.05, 4.69) is 16.0 Å². The minimum atomic E-state index is -0.266. The maximum absolute atomic E-state index is 11.9. The van der Waals surface area contributed by atoms with Crippen LogP contribution in [0.3, 0.4) is 0 Å². The normalized spacial score (nSPS) is 10.4. The van der Waals surface area contributed by atoms with Crippen molar-refractivity contribution >= 4 is 35.2 Å². The first-order valence-electron chi connectivity index (χ1n) is 7.79. The lowest BCUT2D eigenvalue weighted by Crippen LogP contribution is -2.40. The van der Waals surface area contributed by atoms with Gasteiger partial charge in [0.2, 0.25) is 17.7 Å². The molecule has 0 aliphatic heterocycles. The zero-order valence-electron chi connectivity index (χ0n) is 14.6. The predicted molar refractivity (Wildman–Crippen MR) is 98.2 cm³/mol. The third-order valence-electron chi connectivity index (χ3n) is 3.02. The maximum atomic E-state index is 11.9. The molecule has 0 unspecified atom stereocenters. The van der Waals surface area contributed by atoms with E-state index in [1.54, 1.807) is 0 Å². The van der Waals surface area contributed by atoms with Gasteiger partial charge in [-0.1, -0.05) is 17.7 Å². The van der Waals surface area contributed by atoms with E-state index >= 15 is 0 Å². The van der Waals surface area contributed by atoms with Gasteiger partial charge < -0.3 is 16.0 Å². The third-order valence-corrected chi connectivity index (χ3v) is 3.95. The maximum Gasteiger partial charge on any atom is 0.239 e. The summed E-state index contributed by atoms with van der Waals surface area (Å²) in [6.45, 7) is 7.58. The van der Waals surface area contributed by atoms with E-state index in [0.29, 0.717) is 0 Å². The number of rotatable bonds is 8. The molecule has 0 atom stereocenters. The molecule has 0 aliphatic carbocycles. The van der Waals surface area contributed by atoms with Crippen molar-refractivity contribution in [3.63, 3.8) is 0 Å². The van der Waals surface area contributed by atoms with Gasteiger partial charge in [0.05, 0.1) is 18.1 Å². The van der Waals surface area contributed by atoms with E-state index in [0.717, 1.165) is 16.8 Å². The van der Waals surface area contributed by atoms with Crippen LogP contribution in [-0.4, -0.2) is 41.8 Å². The summed E-state index contributed by atoms with van der Waals surface area (Å²) in [5.74, 6) is -0.333. The highest BCUT2D eigenvalue weighted by atomic mass is 32.2. The standard InChI is InChI=1S/C17H25N3O3S/c1-11(2)19-15(21)8-18-16(22)9-24-10-17(23)20-14-6-5-12(3)7-13(14)4/h5-7,11H,8-10H2,1-4H3,(H,18,22)(H,19,21)(H,20,23). The summed E-state index contributed by atoms with van der Waals surface area (Å²) in [4.78, 5) is 34.9. The van der Waals surface area contributed by atoms with E-state index in [9.17, 15) is 14.4 Å². The van der Waals surface area contributed by atoms with E-state index < -0.39 is 0 Å².